The average molecular weight is 378 g/mol. The SMILES string of the molecule is Cc1c(-c2ccccc2)c(O)c2cc(C(F)(F)F)ccc2c1-c1ccccc1. The number of benzene rings is 4. The van der Waals surface area contributed by atoms with Crippen LogP contribution >= 0.6 is 0 Å². The zero-order chi connectivity index (χ0) is 19.9. The van der Waals surface area contributed by atoms with Gasteiger partial charge in [0.2, 0.25) is 0 Å². The third-order valence-corrected chi connectivity index (χ3v) is 4.98. The minimum absolute atomic E-state index is 0.135. The number of phenols is 1. The van der Waals surface area contributed by atoms with Crippen molar-refractivity contribution in [2.45, 2.75) is 13.1 Å². The Bertz CT molecular complexity index is 1150. The van der Waals surface area contributed by atoms with Crippen LogP contribution < -0.4 is 0 Å². The summed E-state index contributed by atoms with van der Waals surface area (Å²) in [6.45, 7) is 1.89. The molecule has 0 saturated heterocycles. The second-order valence-electron chi connectivity index (χ2n) is 6.71. The van der Waals surface area contributed by atoms with Crippen molar-refractivity contribution >= 4 is 10.8 Å². The lowest BCUT2D eigenvalue weighted by atomic mass is 9.86. The molecule has 0 aliphatic rings. The first kappa shape index (κ1) is 18.1. The van der Waals surface area contributed by atoms with Gasteiger partial charge in [0, 0.05) is 10.9 Å². The number of halogens is 3. The maximum atomic E-state index is 13.3. The Morgan fingerprint density at radius 3 is 1.75 bits per heavy atom. The maximum Gasteiger partial charge on any atom is 0.416 e. The fraction of sp³-hybridized carbons (Fsp3) is 0.0833. The number of alkyl halides is 3. The predicted molar refractivity (Wildman–Crippen MR) is 106 cm³/mol. The van der Waals surface area contributed by atoms with E-state index in [1.54, 1.807) is 0 Å². The first-order valence-electron chi connectivity index (χ1n) is 8.85. The summed E-state index contributed by atoms with van der Waals surface area (Å²) in [6, 6.07) is 22.3. The van der Waals surface area contributed by atoms with E-state index in [1.807, 2.05) is 67.6 Å². The first-order chi connectivity index (χ1) is 13.4. The number of rotatable bonds is 2. The monoisotopic (exact) mass is 378 g/mol. The molecule has 0 bridgehead atoms. The highest BCUT2D eigenvalue weighted by Gasteiger charge is 2.31. The molecule has 0 fully saturated rings. The third kappa shape index (κ3) is 3.01. The normalized spacial score (nSPS) is 11.7. The lowest BCUT2D eigenvalue weighted by Crippen LogP contribution is -2.04. The fourth-order valence-corrected chi connectivity index (χ4v) is 3.71. The van der Waals surface area contributed by atoms with E-state index < -0.39 is 11.7 Å². The molecule has 1 nitrogen and oxygen atoms in total. The summed E-state index contributed by atoms with van der Waals surface area (Å²) in [6.07, 6.45) is -4.48. The van der Waals surface area contributed by atoms with Crippen LogP contribution in [0.4, 0.5) is 13.2 Å². The summed E-state index contributed by atoms with van der Waals surface area (Å²) in [5, 5.41) is 11.8. The molecule has 4 heteroatoms. The number of phenolic OH excluding ortho intramolecular Hbond substituents is 1. The number of hydrogen-bond acceptors (Lipinski definition) is 1. The van der Waals surface area contributed by atoms with Crippen LogP contribution in [0.5, 0.6) is 5.75 Å². The fourth-order valence-electron chi connectivity index (χ4n) is 3.71. The van der Waals surface area contributed by atoms with Crippen molar-refractivity contribution in [2.75, 3.05) is 0 Å². The second kappa shape index (κ2) is 6.71. The molecule has 4 rings (SSSR count). The molecule has 4 aromatic carbocycles. The van der Waals surface area contributed by atoms with E-state index in [2.05, 4.69) is 0 Å². The molecule has 28 heavy (non-hydrogen) atoms. The van der Waals surface area contributed by atoms with E-state index in [0.717, 1.165) is 34.4 Å². The molecule has 0 amide bonds. The Kier molecular flexibility index (Phi) is 4.34. The average Bonchev–Trinajstić information content (AvgIpc) is 2.69. The Morgan fingerprint density at radius 1 is 0.679 bits per heavy atom. The van der Waals surface area contributed by atoms with E-state index in [9.17, 15) is 18.3 Å². The molecule has 1 N–H and O–H groups in total. The Balaban J connectivity index is 2.15. The molecule has 0 aliphatic heterocycles. The lowest BCUT2D eigenvalue weighted by Gasteiger charge is -2.19. The largest absolute Gasteiger partial charge is 0.507 e. The summed E-state index contributed by atoms with van der Waals surface area (Å²) >= 11 is 0. The topological polar surface area (TPSA) is 20.2 Å². The van der Waals surface area contributed by atoms with Gasteiger partial charge in [0.25, 0.3) is 0 Å². The van der Waals surface area contributed by atoms with Gasteiger partial charge in [0.05, 0.1) is 5.56 Å². The van der Waals surface area contributed by atoms with Crippen LogP contribution in [0.3, 0.4) is 0 Å². The third-order valence-electron chi connectivity index (χ3n) is 4.98. The van der Waals surface area contributed by atoms with Crippen molar-refractivity contribution in [3.8, 4) is 28.0 Å². The minimum Gasteiger partial charge on any atom is -0.507 e. The van der Waals surface area contributed by atoms with Gasteiger partial charge < -0.3 is 5.11 Å². The second-order valence-corrected chi connectivity index (χ2v) is 6.71. The smallest absolute Gasteiger partial charge is 0.416 e. The predicted octanol–water partition coefficient (Wildman–Crippen LogP) is 7.21. The van der Waals surface area contributed by atoms with Crippen LogP contribution in [-0.2, 0) is 6.18 Å². The first-order valence-corrected chi connectivity index (χ1v) is 8.85. The van der Waals surface area contributed by atoms with Gasteiger partial charge in [-0.3, -0.25) is 0 Å². The van der Waals surface area contributed by atoms with Crippen LogP contribution in [0.25, 0.3) is 33.0 Å². The zero-order valence-corrected chi connectivity index (χ0v) is 15.1. The molecule has 0 radical (unpaired) electrons. The molecule has 0 aromatic heterocycles. The number of fused-ring (bicyclic) bond motifs is 1. The van der Waals surface area contributed by atoms with Crippen LogP contribution in [0.15, 0.2) is 78.9 Å². The van der Waals surface area contributed by atoms with E-state index >= 15 is 0 Å². The van der Waals surface area contributed by atoms with Crippen molar-refractivity contribution in [1.29, 1.82) is 0 Å². The Morgan fingerprint density at radius 2 is 1.21 bits per heavy atom. The van der Waals surface area contributed by atoms with E-state index in [0.29, 0.717) is 10.9 Å². The quantitative estimate of drug-likeness (QED) is 0.391. The number of hydrogen-bond donors (Lipinski definition) is 1. The summed E-state index contributed by atoms with van der Waals surface area (Å²) in [7, 11) is 0. The summed E-state index contributed by atoms with van der Waals surface area (Å²) in [5.41, 5.74) is 3.06. The van der Waals surface area contributed by atoms with Crippen LogP contribution in [0, 0.1) is 6.92 Å². The van der Waals surface area contributed by atoms with Crippen molar-refractivity contribution < 1.29 is 18.3 Å². The Hall–Kier alpha value is -3.27. The highest BCUT2D eigenvalue weighted by molar-refractivity contribution is 6.07. The Labute approximate surface area is 160 Å². The van der Waals surface area contributed by atoms with Gasteiger partial charge in [-0.2, -0.15) is 13.2 Å². The van der Waals surface area contributed by atoms with Gasteiger partial charge in [0.15, 0.2) is 0 Å². The van der Waals surface area contributed by atoms with Crippen molar-refractivity contribution in [1.82, 2.24) is 0 Å². The van der Waals surface area contributed by atoms with Gasteiger partial charge in [-0.25, -0.2) is 0 Å². The summed E-state index contributed by atoms with van der Waals surface area (Å²) in [5.74, 6) is -0.135. The number of aromatic hydroxyl groups is 1. The van der Waals surface area contributed by atoms with Gasteiger partial charge in [-0.15, -0.1) is 0 Å². The lowest BCUT2D eigenvalue weighted by molar-refractivity contribution is -0.137. The van der Waals surface area contributed by atoms with E-state index in [-0.39, 0.29) is 11.1 Å². The maximum absolute atomic E-state index is 13.3. The molecule has 0 heterocycles. The summed E-state index contributed by atoms with van der Waals surface area (Å²) < 4.78 is 39.9. The highest BCUT2D eigenvalue weighted by Crippen LogP contribution is 2.46. The highest BCUT2D eigenvalue weighted by atomic mass is 19.4. The standard InChI is InChI=1S/C24H17F3O/c1-15-21(16-8-4-2-5-9-16)19-13-12-18(24(25,26)27)14-20(19)23(28)22(15)17-10-6-3-7-11-17/h2-14,28H,1H3. The van der Waals surface area contributed by atoms with Gasteiger partial charge in [-0.05, 0) is 46.7 Å². The van der Waals surface area contributed by atoms with Crippen LogP contribution in [0.1, 0.15) is 11.1 Å². The molecule has 0 saturated carbocycles. The zero-order valence-electron chi connectivity index (χ0n) is 15.1. The van der Waals surface area contributed by atoms with Gasteiger partial charge in [-0.1, -0.05) is 66.7 Å². The van der Waals surface area contributed by atoms with Crippen molar-refractivity contribution in [3.63, 3.8) is 0 Å². The van der Waals surface area contributed by atoms with Crippen molar-refractivity contribution in [3.05, 3.63) is 90.0 Å². The van der Waals surface area contributed by atoms with E-state index in [4.69, 9.17) is 0 Å². The molecular weight excluding hydrogens is 361 g/mol. The van der Waals surface area contributed by atoms with Gasteiger partial charge >= 0.3 is 6.18 Å². The molecule has 4 aromatic rings. The van der Waals surface area contributed by atoms with Crippen LogP contribution in [-0.4, -0.2) is 5.11 Å². The van der Waals surface area contributed by atoms with Crippen LogP contribution in [0.2, 0.25) is 0 Å². The minimum atomic E-state index is -4.48. The van der Waals surface area contributed by atoms with E-state index in [1.165, 1.54) is 6.07 Å². The molecule has 0 atom stereocenters. The summed E-state index contributed by atoms with van der Waals surface area (Å²) in [4.78, 5) is 0. The molecule has 0 unspecified atom stereocenters. The van der Waals surface area contributed by atoms with Crippen molar-refractivity contribution in [2.24, 2.45) is 0 Å². The molecule has 140 valence electrons. The molecule has 0 aliphatic carbocycles. The molecule has 0 spiro atoms. The van der Waals surface area contributed by atoms with Gasteiger partial charge in [0.1, 0.15) is 5.75 Å². The molecular formula is C24H17F3O.